The lowest BCUT2D eigenvalue weighted by molar-refractivity contribution is -0.201. The number of fused-ring (bicyclic) bond motifs is 1. The zero-order valence-electron chi connectivity index (χ0n) is 18.5. The number of alkyl halides is 3. The Balaban J connectivity index is 1.38. The molecule has 1 saturated carbocycles. The molecule has 0 atom stereocenters. The highest BCUT2D eigenvalue weighted by Crippen LogP contribution is 2.33. The Labute approximate surface area is 198 Å². The number of benzene rings is 2. The van der Waals surface area contributed by atoms with E-state index in [1.54, 1.807) is 12.4 Å². The average Bonchev–Trinajstić information content (AvgIpc) is 2.84. The predicted molar refractivity (Wildman–Crippen MR) is 119 cm³/mol. The van der Waals surface area contributed by atoms with Crippen LogP contribution in [0.25, 0.3) is 10.8 Å². The summed E-state index contributed by atoms with van der Waals surface area (Å²) in [4.78, 5) is 32.8. The second-order valence-corrected chi connectivity index (χ2v) is 8.36. The lowest BCUT2D eigenvalue weighted by Gasteiger charge is -2.30. The normalized spacial score (nSPS) is 18.2. The number of rotatable bonds is 5. The van der Waals surface area contributed by atoms with Crippen LogP contribution in [0.5, 0.6) is 5.75 Å². The number of carbonyl (C=O) groups is 2. The first-order valence-electron chi connectivity index (χ1n) is 11.1. The molecule has 6 nitrogen and oxygen atoms in total. The monoisotopic (exact) mass is 490 g/mol. The SMILES string of the molecule is O=C(CC1CCC(Oc2cncc3ccccc23)CC1)N(OC(=O)C(F)(F)F)c1ccc(F)cc1. The third-order valence-corrected chi connectivity index (χ3v) is 5.88. The molecular weight excluding hydrogens is 468 g/mol. The number of amides is 1. The van der Waals surface area contributed by atoms with Gasteiger partial charge in [0.1, 0.15) is 11.6 Å². The van der Waals surface area contributed by atoms with Crippen molar-refractivity contribution in [2.75, 3.05) is 5.06 Å². The highest BCUT2D eigenvalue weighted by molar-refractivity contribution is 5.94. The maximum atomic E-state index is 13.2. The van der Waals surface area contributed by atoms with E-state index in [0.29, 0.717) is 36.5 Å². The van der Waals surface area contributed by atoms with Gasteiger partial charge in [-0.3, -0.25) is 9.78 Å². The minimum absolute atomic E-state index is 0.0924. The minimum Gasteiger partial charge on any atom is -0.488 e. The second-order valence-electron chi connectivity index (χ2n) is 8.36. The molecule has 1 heterocycles. The van der Waals surface area contributed by atoms with Crippen LogP contribution in [-0.2, 0) is 14.4 Å². The van der Waals surface area contributed by atoms with Crippen LogP contribution in [0.2, 0.25) is 0 Å². The molecule has 0 bridgehead atoms. The topological polar surface area (TPSA) is 68.7 Å². The zero-order chi connectivity index (χ0) is 25.0. The van der Waals surface area contributed by atoms with E-state index >= 15 is 0 Å². The molecule has 0 radical (unpaired) electrons. The quantitative estimate of drug-likeness (QED) is 0.336. The largest absolute Gasteiger partial charge is 0.493 e. The fraction of sp³-hybridized carbons (Fsp3) is 0.320. The predicted octanol–water partition coefficient (Wildman–Crippen LogP) is 5.76. The molecule has 0 aliphatic heterocycles. The van der Waals surface area contributed by atoms with Gasteiger partial charge in [-0.15, -0.1) is 5.06 Å². The van der Waals surface area contributed by atoms with Crippen molar-refractivity contribution in [3.8, 4) is 5.75 Å². The van der Waals surface area contributed by atoms with Crippen LogP contribution in [0.1, 0.15) is 32.1 Å². The molecule has 1 fully saturated rings. The highest BCUT2D eigenvalue weighted by Gasteiger charge is 2.44. The fourth-order valence-electron chi connectivity index (χ4n) is 4.10. The number of nitrogens with zero attached hydrogens (tertiary/aromatic N) is 2. The van der Waals surface area contributed by atoms with E-state index in [-0.39, 0.29) is 24.1 Å². The van der Waals surface area contributed by atoms with E-state index in [0.717, 1.165) is 35.0 Å². The molecular formula is C25H22F4N2O4. The van der Waals surface area contributed by atoms with Gasteiger partial charge in [0.15, 0.2) is 0 Å². The molecule has 0 saturated heterocycles. The minimum atomic E-state index is -5.29. The van der Waals surface area contributed by atoms with E-state index < -0.39 is 23.9 Å². The molecule has 3 aromatic rings. The number of hydrogen-bond acceptors (Lipinski definition) is 5. The van der Waals surface area contributed by atoms with Crippen molar-refractivity contribution in [1.82, 2.24) is 4.98 Å². The lowest BCUT2D eigenvalue weighted by Crippen LogP contribution is -2.40. The van der Waals surface area contributed by atoms with Gasteiger partial charge in [0, 0.05) is 23.4 Å². The van der Waals surface area contributed by atoms with Gasteiger partial charge in [0.2, 0.25) is 0 Å². The van der Waals surface area contributed by atoms with Crippen LogP contribution >= 0.6 is 0 Å². The van der Waals surface area contributed by atoms with Crippen LogP contribution in [0.15, 0.2) is 60.9 Å². The molecule has 1 aromatic heterocycles. The number of halogens is 4. The summed E-state index contributed by atoms with van der Waals surface area (Å²) in [7, 11) is 0. The number of pyridine rings is 1. The summed E-state index contributed by atoms with van der Waals surface area (Å²) in [6, 6.07) is 11.8. The van der Waals surface area contributed by atoms with E-state index in [9.17, 15) is 27.2 Å². The van der Waals surface area contributed by atoms with Crippen LogP contribution in [0, 0.1) is 11.7 Å². The maximum absolute atomic E-state index is 13.2. The third-order valence-electron chi connectivity index (χ3n) is 5.88. The van der Waals surface area contributed by atoms with Crippen LogP contribution in [0.3, 0.4) is 0 Å². The first kappa shape index (κ1) is 24.4. The van der Waals surface area contributed by atoms with Gasteiger partial charge in [-0.25, -0.2) is 9.18 Å². The van der Waals surface area contributed by atoms with Gasteiger partial charge in [-0.05, 0) is 55.9 Å². The van der Waals surface area contributed by atoms with Gasteiger partial charge in [-0.2, -0.15) is 13.2 Å². The number of aromatic nitrogens is 1. The number of ether oxygens (including phenoxy) is 1. The van der Waals surface area contributed by atoms with Gasteiger partial charge < -0.3 is 9.57 Å². The van der Waals surface area contributed by atoms with Crippen molar-refractivity contribution in [2.45, 2.75) is 44.4 Å². The van der Waals surface area contributed by atoms with E-state index in [4.69, 9.17) is 4.74 Å². The van der Waals surface area contributed by atoms with Gasteiger partial charge in [-0.1, -0.05) is 24.3 Å². The molecule has 184 valence electrons. The summed E-state index contributed by atoms with van der Waals surface area (Å²) in [5, 5.41) is 2.19. The smallest absolute Gasteiger partial charge is 0.488 e. The Morgan fingerprint density at radius 1 is 0.971 bits per heavy atom. The molecule has 0 N–H and O–H groups in total. The van der Waals surface area contributed by atoms with Crippen molar-refractivity contribution in [3.05, 3.63) is 66.7 Å². The maximum Gasteiger partial charge on any atom is 0.493 e. The zero-order valence-corrected chi connectivity index (χ0v) is 18.5. The van der Waals surface area contributed by atoms with Gasteiger partial charge in [0.05, 0.1) is 18.0 Å². The van der Waals surface area contributed by atoms with Crippen molar-refractivity contribution in [2.24, 2.45) is 5.92 Å². The average molecular weight is 490 g/mol. The summed E-state index contributed by atoms with van der Waals surface area (Å²) in [6.45, 7) is 0. The summed E-state index contributed by atoms with van der Waals surface area (Å²) < 4.78 is 57.6. The Kier molecular flexibility index (Phi) is 7.18. The van der Waals surface area contributed by atoms with E-state index in [2.05, 4.69) is 9.82 Å². The molecule has 4 rings (SSSR count). The molecule has 0 spiro atoms. The molecule has 2 aromatic carbocycles. The van der Waals surface area contributed by atoms with Crippen LogP contribution in [-0.4, -0.2) is 29.1 Å². The molecule has 1 aliphatic carbocycles. The fourth-order valence-corrected chi connectivity index (χ4v) is 4.10. The van der Waals surface area contributed by atoms with Crippen molar-refractivity contribution in [3.63, 3.8) is 0 Å². The van der Waals surface area contributed by atoms with Gasteiger partial charge >= 0.3 is 12.1 Å². The Hall–Kier alpha value is -3.69. The third kappa shape index (κ3) is 6.06. The first-order chi connectivity index (χ1) is 16.7. The van der Waals surface area contributed by atoms with Crippen molar-refractivity contribution in [1.29, 1.82) is 0 Å². The number of anilines is 1. The Morgan fingerprint density at radius 2 is 1.66 bits per heavy atom. The van der Waals surface area contributed by atoms with Crippen LogP contribution < -0.4 is 9.80 Å². The molecule has 1 aliphatic rings. The van der Waals surface area contributed by atoms with E-state index in [1.807, 2.05) is 24.3 Å². The molecule has 1 amide bonds. The standard InChI is InChI=1S/C25H22F4N2O4/c26-18-7-9-19(10-8-18)31(35-24(33)25(27,28)29)23(32)13-16-5-11-20(12-6-16)34-22-15-30-14-17-3-1-2-4-21(17)22/h1-4,7-10,14-16,20H,5-6,11-13H2. The highest BCUT2D eigenvalue weighted by atomic mass is 19.4. The summed E-state index contributed by atoms with van der Waals surface area (Å²) >= 11 is 0. The molecule has 0 unspecified atom stereocenters. The molecule has 35 heavy (non-hydrogen) atoms. The van der Waals surface area contributed by atoms with E-state index in [1.165, 1.54) is 0 Å². The summed E-state index contributed by atoms with van der Waals surface area (Å²) in [6.07, 6.45) is 0.370. The molecule has 10 heteroatoms. The first-order valence-corrected chi connectivity index (χ1v) is 11.1. The number of hydrogen-bond donors (Lipinski definition) is 0. The second kappa shape index (κ2) is 10.3. The lowest BCUT2D eigenvalue weighted by atomic mass is 9.85. The van der Waals surface area contributed by atoms with Crippen molar-refractivity contribution >= 4 is 28.3 Å². The number of carbonyl (C=O) groups excluding carboxylic acids is 2. The van der Waals surface area contributed by atoms with Crippen molar-refractivity contribution < 1.29 is 36.7 Å². The Bertz CT molecular complexity index is 1190. The van der Waals surface area contributed by atoms with Gasteiger partial charge in [0.25, 0.3) is 5.91 Å². The number of hydroxylamine groups is 1. The summed E-state index contributed by atoms with van der Waals surface area (Å²) in [5.41, 5.74) is -0.172. The Morgan fingerprint density at radius 3 is 2.34 bits per heavy atom. The summed E-state index contributed by atoms with van der Waals surface area (Å²) in [5.74, 6) is -3.47. The van der Waals surface area contributed by atoms with Crippen LogP contribution in [0.4, 0.5) is 23.2 Å².